The molecule has 0 aliphatic rings. The molecule has 0 atom stereocenters. The maximum Gasteiger partial charge on any atom is 0.267 e. The Morgan fingerprint density at radius 2 is 2.00 bits per heavy atom. The van der Waals surface area contributed by atoms with Gasteiger partial charge >= 0.3 is 0 Å². The van der Waals surface area contributed by atoms with Crippen LogP contribution in [0.1, 0.15) is 15.4 Å². The number of anilines is 1. The van der Waals surface area contributed by atoms with E-state index in [-0.39, 0.29) is 5.69 Å². The molecule has 0 bridgehead atoms. The molecule has 1 N–H and O–H groups in total. The van der Waals surface area contributed by atoms with E-state index in [9.17, 15) is 9.18 Å². The van der Waals surface area contributed by atoms with E-state index < -0.39 is 11.7 Å². The van der Waals surface area contributed by atoms with Gasteiger partial charge in [-0.05, 0) is 47.7 Å². The largest absolute Gasteiger partial charge is 0.319 e. The molecule has 0 aliphatic carbocycles. The minimum absolute atomic E-state index is 0.0267. The first-order valence-corrected chi connectivity index (χ1v) is 9.28. The quantitative estimate of drug-likeness (QED) is 0.542. The van der Waals surface area contributed by atoms with E-state index in [2.05, 4.69) is 25.8 Å². The van der Waals surface area contributed by atoms with Crippen LogP contribution in [0.3, 0.4) is 0 Å². The van der Waals surface area contributed by atoms with Gasteiger partial charge in [0.2, 0.25) is 0 Å². The highest BCUT2D eigenvalue weighted by molar-refractivity contribution is 7.17. The van der Waals surface area contributed by atoms with Crippen LogP contribution in [0.15, 0.2) is 48.8 Å². The summed E-state index contributed by atoms with van der Waals surface area (Å²) in [6.45, 7) is 1.73. The number of halogens is 2. The van der Waals surface area contributed by atoms with E-state index in [0.717, 1.165) is 5.56 Å². The highest BCUT2D eigenvalue weighted by Gasteiger charge is 2.18. The van der Waals surface area contributed by atoms with Crippen molar-refractivity contribution in [2.75, 3.05) is 5.32 Å². The van der Waals surface area contributed by atoms with Crippen molar-refractivity contribution in [1.29, 1.82) is 0 Å². The number of hydrogen-bond acceptors (Lipinski definition) is 6. The molecular formula is C18H12ClFN6OS. The van der Waals surface area contributed by atoms with Crippen LogP contribution >= 0.6 is 22.9 Å². The molecule has 28 heavy (non-hydrogen) atoms. The maximum absolute atomic E-state index is 14.2. The Balaban J connectivity index is 1.61. The molecule has 0 saturated heterocycles. The van der Waals surface area contributed by atoms with E-state index in [1.54, 1.807) is 19.1 Å². The van der Waals surface area contributed by atoms with Crippen LogP contribution in [0.4, 0.5) is 10.1 Å². The standard InChI is InChI=1S/C18H12ClFN6OS/c1-10-16(28-18(22-10)11-2-4-12(19)5-3-11)17(27)23-15-8-13(6-7-14(15)20)26-9-21-24-25-26/h2-9H,1H3,(H,23,27). The summed E-state index contributed by atoms with van der Waals surface area (Å²) >= 11 is 7.14. The Bertz CT molecular complexity index is 1140. The molecular weight excluding hydrogens is 403 g/mol. The van der Waals surface area contributed by atoms with Gasteiger partial charge in [-0.15, -0.1) is 16.4 Å². The number of hydrogen-bond donors (Lipinski definition) is 1. The summed E-state index contributed by atoms with van der Waals surface area (Å²) in [6.07, 6.45) is 1.38. The summed E-state index contributed by atoms with van der Waals surface area (Å²) in [5.41, 5.74) is 1.95. The number of tetrazole rings is 1. The lowest BCUT2D eigenvalue weighted by molar-refractivity contribution is 0.102. The van der Waals surface area contributed by atoms with Gasteiger partial charge in [0.15, 0.2) is 0 Å². The third kappa shape index (κ3) is 3.62. The van der Waals surface area contributed by atoms with Gasteiger partial charge in [0.25, 0.3) is 5.91 Å². The van der Waals surface area contributed by atoms with Gasteiger partial charge in [-0.2, -0.15) is 0 Å². The smallest absolute Gasteiger partial charge is 0.267 e. The second kappa shape index (κ2) is 7.45. The molecule has 0 saturated carbocycles. The summed E-state index contributed by atoms with van der Waals surface area (Å²) in [4.78, 5) is 17.6. The first-order valence-electron chi connectivity index (χ1n) is 8.09. The van der Waals surface area contributed by atoms with Crippen LogP contribution in [-0.4, -0.2) is 31.1 Å². The normalized spacial score (nSPS) is 10.8. The molecule has 0 aliphatic heterocycles. The van der Waals surface area contributed by atoms with Crippen LogP contribution < -0.4 is 5.32 Å². The number of thiazole rings is 1. The van der Waals surface area contributed by atoms with Crippen molar-refractivity contribution >= 4 is 34.5 Å². The lowest BCUT2D eigenvalue weighted by atomic mass is 10.2. The average Bonchev–Trinajstić information content (AvgIpc) is 3.34. The maximum atomic E-state index is 14.2. The van der Waals surface area contributed by atoms with Crippen molar-refractivity contribution in [1.82, 2.24) is 25.2 Å². The molecule has 0 spiro atoms. The monoisotopic (exact) mass is 414 g/mol. The van der Waals surface area contributed by atoms with Gasteiger partial charge in [0.1, 0.15) is 22.0 Å². The van der Waals surface area contributed by atoms with Crippen molar-refractivity contribution in [3.8, 4) is 16.3 Å². The molecule has 4 rings (SSSR count). The Morgan fingerprint density at radius 3 is 2.71 bits per heavy atom. The van der Waals surface area contributed by atoms with E-state index in [1.807, 2.05) is 12.1 Å². The fourth-order valence-electron chi connectivity index (χ4n) is 2.53. The number of aryl methyl sites for hydroxylation is 1. The molecule has 10 heteroatoms. The summed E-state index contributed by atoms with van der Waals surface area (Å²) in [6, 6.07) is 11.4. The molecule has 2 heterocycles. The Hall–Kier alpha value is -3.17. The van der Waals surface area contributed by atoms with Gasteiger partial charge in [-0.1, -0.05) is 23.7 Å². The van der Waals surface area contributed by atoms with Gasteiger partial charge < -0.3 is 5.32 Å². The van der Waals surface area contributed by atoms with E-state index in [1.165, 1.54) is 40.5 Å². The van der Waals surface area contributed by atoms with Gasteiger partial charge in [0.05, 0.1) is 17.1 Å². The Labute approximate surface area is 167 Å². The molecule has 0 unspecified atom stereocenters. The Kier molecular flexibility index (Phi) is 4.84. The van der Waals surface area contributed by atoms with Crippen LogP contribution in [-0.2, 0) is 0 Å². The Morgan fingerprint density at radius 1 is 1.21 bits per heavy atom. The molecule has 140 valence electrons. The number of nitrogens with zero attached hydrogens (tertiary/aromatic N) is 5. The van der Waals surface area contributed by atoms with Crippen LogP contribution in [0.5, 0.6) is 0 Å². The molecule has 4 aromatic rings. The fraction of sp³-hybridized carbons (Fsp3) is 0.0556. The predicted molar refractivity (Wildman–Crippen MR) is 104 cm³/mol. The second-order valence-electron chi connectivity index (χ2n) is 5.81. The minimum atomic E-state index is -0.565. The van der Waals surface area contributed by atoms with E-state index in [0.29, 0.717) is 26.3 Å². The third-order valence-electron chi connectivity index (χ3n) is 3.91. The molecule has 0 fully saturated rings. The highest BCUT2D eigenvalue weighted by atomic mass is 35.5. The van der Waals surface area contributed by atoms with Crippen LogP contribution in [0.2, 0.25) is 5.02 Å². The zero-order valence-electron chi connectivity index (χ0n) is 14.4. The molecule has 1 amide bonds. The lowest BCUT2D eigenvalue weighted by Crippen LogP contribution is -2.13. The van der Waals surface area contributed by atoms with Crippen molar-refractivity contribution in [2.24, 2.45) is 0 Å². The van der Waals surface area contributed by atoms with Crippen LogP contribution in [0, 0.1) is 12.7 Å². The molecule has 2 aromatic carbocycles. The van der Waals surface area contributed by atoms with Gasteiger partial charge in [-0.3, -0.25) is 4.79 Å². The summed E-state index contributed by atoms with van der Waals surface area (Å²) in [7, 11) is 0. The molecule has 2 aromatic heterocycles. The second-order valence-corrected chi connectivity index (χ2v) is 7.25. The number of carbonyl (C=O) groups excluding carboxylic acids is 1. The van der Waals surface area contributed by atoms with Crippen LogP contribution in [0.25, 0.3) is 16.3 Å². The summed E-state index contributed by atoms with van der Waals surface area (Å²) < 4.78 is 15.6. The number of benzene rings is 2. The number of aromatic nitrogens is 5. The topological polar surface area (TPSA) is 85.6 Å². The molecule has 7 nitrogen and oxygen atoms in total. The summed E-state index contributed by atoms with van der Waals surface area (Å²) in [5, 5.41) is 14.7. The van der Waals surface area contributed by atoms with Crippen molar-refractivity contribution < 1.29 is 9.18 Å². The number of carbonyl (C=O) groups is 1. The van der Waals surface area contributed by atoms with Gasteiger partial charge in [-0.25, -0.2) is 14.1 Å². The fourth-order valence-corrected chi connectivity index (χ4v) is 3.63. The van der Waals surface area contributed by atoms with Crippen molar-refractivity contribution in [3.63, 3.8) is 0 Å². The lowest BCUT2D eigenvalue weighted by Gasteiger charge is -2.07. The summed E-state index contributed by atoms with van der Waals surface area (Å²) in [5.74, 6) is -1.01. The van der Waals surface area contributed by atoms with Crippen molar-refractivity contribution in [2.45, 2.75) is 6.92 Å². The van der Waals surface area contributed by atoms with E-state index >= 15 is 0 Å². The number of amides is 1. The SMILES string of the molecule is Cc1nc(-c2ccc(Cl)cc2)sc1C(=O)Nc1cc(-n2cnnn2)ccc1F. The predicted octanol–water partition coefficient (Wildman–Crippen LogP) is 4.14. The highest BCUT2D eigenvalue weighted by Crippen LogP contribution is 2.30. The van der Waals surface area contributed by atoms with Crippen molar-refractivity contribution in [3.05, 3.63) is 70.2 Å². The van der Waals surface area contributed by atoms with Gasteiger partial charge in [0, 0.05) is 10.6 Å². The number of nitrogens with one attached hydrogen (secondary N) is 1. The van der Waals surface area contributed by atoms with E-state index in [4.69, 9.17) is 11.6 Å². The number of rotatable bonds is 4. The first kappa shape index (κ1) is 18.2. The third-order valence-corrected chi connectivity index (χ3v) is 5.36. The zero-order chi connectivity index (χ0) is 19.7. The average molecular weight is 415 g/mol. The minimum Gasteiger partial charge on any atom is -0.319 e. The zero-order valence-corrected chi connectivity index (χ0v) is 16.0. The first-order chi connectivity index (χ1) is 13.5. The molecule has 0 radical (unpaired) electrons.